The second-order valence-corrected chi connectivity index (χ2v) is 7.81. The van der Waals surface area contributed by atoms with Gasteiger partial charge in [0.25, 0.3) is 0 Å². The predicted octanol–water partition coefficient (Wildman–Crippen LogP) is 5.33. The fraction of sp³-hybridized carbons (Fsp3) is 0.130. The van der Waals surface area contributed by atoms with E-state index in [0.29, 0.717) is 27.9 Å². The fourth-order valence-electron chi connectivity index (χ4n) is 3.10. The zero-order valence-electron chi connectivity index (χ0n) is 17.3. The number of rotatable bonds is 7. The van der Waals surface area contributed by atoms with E-state index in [1.807, 2.05) is 0 Å². The summed E-state index contributed by atoms with van der Waals surface area (Å²) in [5.41, 5.74) is 0.562. The van der Waals surface area contributed by atoms with Gasteiger partial charge in [-0.05, 0) is 54.6 Å². The summed E-state index contributed by atoms with van der Waals surface area (Å²) < 4.78 is 46.6. The van der Waals surface area contributed by atoms with Gasteiger partial charge in [-0.1, -0.05) is 17.8 Å². The largest absolute Gasteiger partial charge is 0.497 e. The molecular weight excluding hydrogens is 453 g/mol. The Morgan fingerprint density at radius 2 is 1.76 bits per heavy atom. The number of halogens is 3. The Morgan fingerprint density at radius 1 is 1.03 bits per heavy atom. The molecule has 2 aromatic heterocycles. The van der Waals surface area contributed by atoms with Crippen LogP contribution in [0, 0.1) is 0 Å². The summed E-state index contributed by atoms with van der Waals surface area (Å²) in [6.07, 6.45) is -1.39. The van der Waals surface area contributed by atoms with Crippen LogP contribution >= 0.6 is 11.8 Å². The molecule has 10 heteroatoms. The number of carbonyl (C=O) groups is 1. The Hall–Kier alpha value is -3.66. The number of Topliss-reactive ketones (excluding diaryl/α,β-unsaturated/α-hetero) is 1. The topological polar surface area (TPSA) is 69.9 Å². The van der Waals surface area contributed by atoms with Gasteiger partial charge in [-0.2, -0.15) is 13.2 Å². The lowest BCUT2D eigenvalue weighted by molar-refractivity contribution is -0.137. The number of hydrogen-bond donors (Lipinski definition) is 0. The van der Waals surface area contributed by atoms with Crippen LogP contribution in [0.2, 0.25) is 0 Å². The molecule has 0 saturated carbocycles. The summed E-state index contributed by atoms with van der Waals surface area (Å²) in [6, 6.07) is 14.9. The highest BCUT2D eigenvalue weighted by Gasteiger charge is 2.31. The second-order valence-electron chi connectivity index (χ2n) is 6.87. The van der Waals surface area contributed by atoms with Crippen molar-refractivity contribution in [3.63, 3.8) is 0 Å². The Labute approximate surface area is 191 Å². The van der Waals surface area contributed by atoms with Gasteiger partial charge < -0.3 is 4.74 Å². The maximum Gasteiger partial charge on any atom is 0.416 e. The van der Waals surface area contributed by atoms with Crippen LogP contribution in [-0.4, -0.2) is 38.4 Å². The van der Waals surface area contributed by atoms with Crippen LogP contribution in [0.5, 0.6) is 5.75 Å². The van der Waals surface area contributed by atoms with Crippen molar-refractivity contribution in [2.45, 2.75) is 11.3 Å². The molecule has 0 amide bonds. The Balaban J connectivity index is 1.69. The minimum absolute atomic E-state index is 0.0275. The SMILES string of the molecule is COc1ccc(C(=O)CSc2nnc(-c3ccncc3)n2-c2cccc(C(F)(F)F)c2)cc1. The van der Waals surface area contributed by atoms with Crippen molar-refractivity contribution in [3.05, 3.63) is 84.2 Å². The van der Waals surface area contributed by atoms with E-state index < -0.39 is 11.7 Å². The number of pyridine rings is 1. The molecule has 2 heterocycles. The van der Waals surface area contributed by atoms with Gasteiger partial charge in [-0.25, -0.2) is 0 Å². The number of ether oxygens (including phenoxy) is 1. The van der Waals surface area contributed by atoms with Crippen LogP contribution in [0.4, 0.5) is 13.2 Å². The Kier molecular flexibility index (Phi) is 6.45. The van der Waals surface area contributed by atoms with E-state index >= 15 is 0 Å². The van der Waals surface area contributed by atoms with Crippen molar-refractivity contribution in [1.29, 1.82) is 0 Å². The number of carbonyl (C=O) groups excluding carboxylic acids is 1. The van der Waals surface area contributed by atoms with Crippen LogP contribution in [0.25, 0.3) is 17.1 Å². The van der Waals surface area contributed by atoms with Gasteiger partial charge in [-0.3, -0.25) is 14.3 Å². The molecule has 4 rings (SSSR count). The van der Waals surface area contributed by atoms with Gasteiger partial charge >= 0.3 is 6.18 Å². The summed E-state index contributed by atoms with van der Waals surface area (Å²) in [6.45, 7) is 0. The summed E-state index contributed by atoms with van der Waals surface area (Å²) in [5, 5.41) is 8.63. The lowest BCUT2D eigenvalue weighted by Crippen LogP contribution is -2.08. The number of ketones is 1. The first-order chi connectivity index (χ1) is 15.9. The van der Waals surface area contributed by atoms with Gasteiger partial charge in [0.1, 0.15) is 5.75 Å². The molecule has 33 heavy (non-hydrogen) atoms. The van der Waals surface area contributed by atoms with Crippen molar-refractivity contribution >= 4 is 17.5 Å². The molecule has 0 unspecified atom stereocenters. The minimum atomic E-state index is -4.50. The molecule has 0 bridgehead atoms. The quantitative estimate of drug-likeness (QED) is 0.269. The Morgan fingerprint density at radius 3 is 2.42 bits per heavy atom. The van der Waals surface area contributed by atoms with Crippen LogP contribution < -0.4 is 4.74 Å². The van der Waals surface area contributed by atoms with E-state index in [0.717, 1.165) is 23.9 Å². The third kappa shape index (κ3) is 5.06. The molecule has 0 fully saturated rings. The minimum Gasteiger partial charge on any atom is -0.497 e. The lowest BCUT2D eigenvalue weighted by Gasteiger charge is -2.13. The number of hydrogen-bond acceptors (Lipinski definition) is 6. The molecule has 6 nitrogen and oxygen atoms in total. The van der Waals surface area contributed by atoms with Gasteiger partial charge in [-0.15, -0.1) is 10.2 Å². The third-order valence-electron chi connectivity index (χ3n) is 4.75. The van der Waals surface area contributed by atoms with Gasteiger partial charge in [0.05, 0.1) is 24.1 Å². The van der Waals surface area contributed by atoms with E-state index in [-0.39, 0.29) is 17.2 Å². The van der Waals surface area contributed by atoms with Crippen molar-refractivity contribution in [1.82, 2.24) is 19.7 Å². The molecule has 4 aromatic rings. The number of methoxy groups -OCH3 is 1. The standard InChI is InChI=1S/C23H17F3N4O2S/c1-32-19-7-5-15(6-8-19)20(31)14-33-22-29-28-21(16-9-11-27-12-10-16)30(22)18-4-2-3-17(13-18)23(24,25)26/h2-13H,14H2,1H3. The summed E-state index contributed by atoms with van der Waals surface area (Å²) in [7, 11) is 1.54. The molecular formula is C23H17F3N4O2S. The molecule has 0 saturated heterocycles. The average molecular weight is 470 g/mol. The first-order valence-electron chi connectivity index (χ1n) is 9.70. The van der Waals surface area contributed by atoms with Gasteiger partial charge in [0.2, 0.25) is 0 Å². The highest BCUT2D eigenvalue weighted by Crippen LogP contribution is 2.33. The first kappa shape index (κ1) is 22.5. The van der Waals surface area contributed by atoms with E-state index in [1.54, 1.807) is 54.9 Å². The number of benzene rings is 2. The molecule has 0 aliphatic heterocycles. The number of nitrogens with zero attached hydrogens (tertiary/aromatic N) is 4. The Bertz CT molecular complexity index is 1260. The number of alkyl halides is 3. The highest BCUT2D eigenvalue weighted by atomic mass is 32.2. The molecule has 0 spiro atoms. The molecule has 0 N–H and O–H groups in total. The lowest BCUT2D eigenvalue weighted by atomic mass is 10.1. The molecule has 0 aliphatic rings. The van der Waals surface area contributed by atoms with Crippen LogP contribution in [-0.2, 0) is 6.18 Å². The van der Waals surface area contributed by atoms with Gasteiger partial charge in [0.15, 0.2) is 16.8 Å². The molecule has 0 radical (unpaired) electrons. The van der Waals surface area contributed by atoms with Crippen molar-refractivity contribution in [2.24, 2.45) is 0 Å². The van der Waals surface area contributed by atoms with E-state index in [4.69, 9.17) is 4.74 Å². The summed E-state index contributed by atoms with van der Waals surface area (Å²) in [4.78, 5) is 16.6. The summed E-state index contributed by atoms with van der Waals surface area (Å²) >= 11 is 1.10. The predicted molar refractivity (Wildman–Crippen MR) is 118 cm³/mol. The third-order valence-corrected chi connectivity index (χ3v) is 5.68. The average Bonchev–Trinajstić information content (AvgIpc) is 3.26. The molecule has 168 valence electrons. The maximum atomic E-state index is 13.3. The van der Waals surface area contributed by atoms with Crippen molar-refractivity contribution in [2.75, 3.05) is 12.9 Å². The van der Waals surface area contributed by atoms with Crippen LogP contribution in [0.3, 0.4) is 0 Å². The van der Waals surface area contributed by atoms with E-state index in [1.165, 1.54) is 17.7 Å². The zero-order chi connectivity index (χ0) is 23.4. The molecule has 0 aliphatic carbocycles. The smallest absolute Gasteiger partial charge is 0.416 e. The van der Waals surface area contributed by atoms with Crippen LogP contribution in [0.15, 0.2) is 78.2 Å². The van der Waals surface area contributed by atoms with E-state index in [2.05, 4.69) is 15.2 Å². The maximum absolute atomic E-state index is 13.3. The second kappa shape index (κ2) is 9.45. The van der Waals surface area contributed by atoms with Gasteiger partial charge in [0, 0.05) is 23.5 Å². The summed E-state index contributed by atoms with van der Waals surface area (Å²) in [5.74, 6) is 0.841. The monoisotopic (exact) mass is 470 g/mol. The molecule has 2 aromatic carbocycles. The highest BCUT2D eigenvalue weighted by molar-refractivity contribution is 7.99. The number of aromatic nitrogens is 4. The fourth-order valence-corrected chi connectivity index (χ4v) is 3.94. The van der Waals surface area contributed by atoms with Crippen molar-refractivity contribution in [3.8, 4) is 22.8 Å². The molecule has 0 atom stereocenters. The van der Waals surface area contributed by atoms with Crippen LogP contribution in [0.1, 0.15) is 15.9 Å². The normalized spacial score (nSPS) is 11.4. The zero-order valence-corrected chi connectivity index (χ0v) is 18.1. The number of thioether (sulfide) groups is 1. The first-order valence-corrected chi connectivity index (χ1v) is 10.7. The van der Waals surface area contributed by atoms with E-state index in [9.17, 15) is 18.0 Å². The van der Waals surface area contributed by atoms with Crippen molar-refractivity contribution < 1.29 is 22.7 Å².